The number of ketones is 3. The van der Waals surface area contributed by atoms with E-state index in [1.165, 1.54) is 0 Å². The largest absolute Gasteiger partial charge is 0.298 e. The highest BCUT2D eigenvalue weighted by molar-refractivity contribution is 8.13. The molecule has 0 N–H and O–H groups in total. The standard InChI is InChI=1S/C13H10Cl2O5S/c14-9-6-7(21(15,19)20)4-5-8(9)13(18)12-10(16)2-1-3-11(12)17/h4-6,12H,1-3H2. The lowest BCUT2D eigenvalue weighted by Gasteiger charge is -2.18. The summed E-state index contributed by atoms with van der Waals surface area (Å²) in [6.45, 7) is 0. The summed E-state index contributed by atoms with van der Waals surface area (Å²) in [5.41, 5.74) is -0.0608. The van der Waals surface area contributed by atoms with E-state index >= 15 is 0 Å². The quantitative estimate of drug-likeness (QED) is 0.475. The molecule has 0 radical (unpaired) electrons. The lowest BCUT2D eigenvalue weighted by atomic mass is 9.82. The van der Waals surface area contributed by atoms with Crippen molar-refractivity contribution < 1.29 is 22.8 Å². The number of carbonyl (C=O) groups is 3. The third kappa shape index (κ3) is 3.33. The van der Waals surface area contributed by atoms with Crippen molar-refractivity contribution in [2.24, 2.45) is 5.92 Å². The van der Waals surface area contributed by atoms with Crippen LogP contribution in [-0.4, -0.2) is 25.8 Å². The summed E-state index contributed by atoms with van der Waals surface area (Å²) in [6, 6.07) is 3.29. The molecule has 1 fully saturated rings. The van der Waals surface area contributed by atoms with Crippen molar-refractivity contribution in [1.82, 2.24) is 0 Å². The van der Waals surface area contributed by atoms with Crippen molar-refractivity contribution in [1.29, 1.82) is 0 Å². The van der Waals surface area contributed by atoms with Crippen molar-refractivity contribution in [3.63, 3.8) is 0 Å². The third-order valence-electron chi connectivity index (χ3n) is 3.24. The van der Waals surface area contributed by atoms with Crippen molar-refractivity contribution in [3.05, 3.63) is 28.8 Å². The predicted molar refractivity (Wildman–Crippen MR) is 76.2 cm³/mol. The SMILES string of the molecule is O=C1CCCC(=O)C1C(=O)c1ccc(S(=O)(=O)Cl)cc1Cl. The lowest BCUT2D eigenvalue weighted by molar-refractivity contribution is -0.133. The maximum atomic E-state index is 12.3. The van der Waals surface area contributed by atoms with Crippen molar-refractivity contribution in [2.45, 2.75) is 24.2 Å². The Labute approximate surface area is 130 Å². The summed E-state index contributed by atoms with van der Waals surface area (Å²) in [5, 5.41) is -0.159. The normalized spacial score (nSPS) is 17.0. The first-order valence-corrected chi connectivity index (χ1v) is 8.74. The average Bonchev–Trinajstić information content (AvgIpc) is 2.37. The average molecular weight is 349 g/mol. The highest BCUT2D eigenvalue weighted by Crippen LogP contribution is 2.28. The molecule has 112 valence electrons. The van der Waals surface area contributed by atoms with Gasteiger partial charge in [-0.05, 0) is 24.6 Å². The molecular weight excluding hydrogens is 339 g/mol. The van der Waals surface area contributed by atoms with Gasteiger partial charge in [-0.1, -0.05) is 11.6 Å². The predicted octanol–water partition coefficient (Wildman–Crippen LogP) is 2.39. The van der Waals surface area contributed by atoms with E-state index in [1.807, 2.05) is 0 Å². The van der Waals surface area contributed by atoms with Crippen LogP contribution in [0.2, 0.25) is 5.02 Å². The van der Waals surface area contributed by atoms with Crippen LogP contribution in [0.1, 0.15) is 29.6 Å². The summed E-state index contributed by atoms with van der Waals surface area (Å²) in [7, 11) is 1.21. The molecule has 8 heteroatoms. The smallest absolute Gasteiger partial charge is 0.261 e. The summed E-state index contributed by atoms with van der Waals surface area (Å²) < 4.78 is 22.4. The van der Waals surface area contributed by atoms with E-state index in [0.29, 0.717) is 6.42 Å². The fourth-order valence-electron chi connectivity index (χ4n) is 2.20. The molecule has 0 atom stereocenters. The Kier molecular flexibility index (Phi) is 4.51. The minimum absolute atomic E-state index is 0.0608. The van der Waals surface area contributed by atoms with Crippen LogP contribution in [0.4, 0.5) is 0 Å². The highest BCUT2D eigenvalue weighted by atomic mass is 35.7. The van der Waals surface area contributed by atoms with Gasteiger partial charge in [0.2, 0.25) is 0 Å². The molecule has 1 aromatic rings. The molecule has 2 rings (SSSR count). The molecule has 0 bridgehead atoms. The Morgan fingerprint density at radius 3 is 2.19 bits per heavy atom. The minimum Gasteiger partial charge on any atom is -0.298 e. The molecule has 21 heavy (non-hydrogen) atoms. The van der Waals surface area contributed by atoms with Crippen molar-refractivity contribution in [3.8, 4) is 0 Å². The Morgan fingerprint density at radius 2 is 1.71 bits per heavy atom. The van der Waals surface area contributed by atoms with E-state index in [-0.39, 0.29) is 28.3 Å². The van der Waals surface area contributed by atoms with Gasteiger partial charge in [-0.25, -0.2) is 8.42 Å². The van der Waals surface area contributed by atoms with Gasteiger partial charge in [0.1, 0.15) is 5.92 Å². The van der Waals surface area contributed by atoms with Gasteiger partial charge in [0.25, 0.3) is 9.05 Å². The molecule has 0 amide bonds. The van der Waals surface area contributed by atoms with Crippen LogP contribution in [0, 0.1) is 5.92 Å². The Bertz CT molecular complexity index is 723. The van der Waals surface area contributed by atoms with Crippen LogP contribution in [0.3, 0.4) is 0 Å². The van der Waals surface area contributed by atoms with E-state index in [9.17, 15) is 22.8 Å². The van der Waals surface area contributed by atoms with E-state index in [4.69, 9.17) is 22.3 Å². The van der Waals surface area contributed by atoms with Gasteiger partial charge in [-0.3, -0.25) is 14.4 Å². The topological polar surface area (TPSA) is 85.3 Å². The molecule has 0 saturated heterocycles. The monoisotopic (exact) mass is 348 g/mol. The molecule has 0 aliphatic heterocycles. The van der Waals surface area contributed by atoms with Gasteiger partial charge < -0.3 is 0 Å². The maximum Gasteiger partial charge on any atom is 0.261 e. The zero-order valence-corrected chi connectivity index (χ0v) is 13.0. The van der Waals surface area contributed by atoms with E-state index < -0.39 is 32.3 Å². The number of benzene rings is 1. The van der Waals surface area contributed by atoms with Crippen LogP contribution in [0.15, 0.2) is 23.1 Å². The fraction of sp³-hybridized carbons (Fsp3) is 0.308. The maximum absolute atomic E-state index is 12.3. The van der Waals surface area contributed by atoms with E-state index in [2.05, 4.69) is 0 Å². The van der Waals surface area contributed by atoms with Gasteiger partial charge in [0.05, 0.1) is 9.92 Å². The van der Waals surface area contributed by atoms with E-state index in [0.717, 1.165) is 18.2 Å². The van der Waals surface area contributed by atoms with Gasteiger partial charge >= 0.3 is 0 Å². The highest BCUT2D eigenvalue weighted by Gasteiger charge is 2.37. The first-order valence-electron chi connectivity index (χ1n) is 6.05. The Hall–Kier alpha value is -1.24. The molecule has 1 aliphatic rings. The van der Waals surface area contributed by atoms with Crippen molar-refractivity contribution >= 4 is 48.7 Å². The molecule has 5 nitrogen and oxygen atoms in total. The van der Waals surface area contributed by atoms with Crippen LogP contribution in [0.5, 0.6) is 0 Å². The third-order valence-corrected chi connectivity index (χ3v) is 4.90. The number of carbonyl (C=O) groups excluding carboxylic acids is 3. The molecule has 0 heterocycles. The molecule has 0 unspecified atom stereocenters. The molecule has 0 spiro atoms. The molecule has 1 saturated carbocycles. The van der Waals surface area contributed by atoms with E-state index in [1.54, 1.807) is 0 Å². The minimum atomic E-state index is -3.97. The van der Waals surface area contributed by atoms with Crippen molar-refractivity contribution in [2.75, 3.05) is 0 Å². The van der Waals surface area contributed by atoms with Gasteiger partial charge in [-0.2, -0.15) is 0 Å². The number of halogens is 2. The van der Waals surface area contributed by atoms with Crippen LogP contribution >= 0.6 is 22.3 Å². The molecule has 1 aromatic carbocycles. The first-order chi connectivity index (χ1) is 9.71. The lowest BCUT2D eigenvalue weighted by Crippen LogP contribution is -2.35. The number of Topliss-reactive ketones (excluding diaryl/α,β-unsaturated/α-hetero) is 3. The summed E-state index contributed by atoms with van der Waals surface area (Å²) in [6.07, 6.45) is 0.792. The van der Waals surface area contributed by atoms with Crippen LogP contribution < -0.4 is 0 Å². The molecular formula is C13H10Cl2O5S. The summed E-state index contributed by atoms with van der Waals surface area (Å²) in [5.74, 6) is -2.90. The second-order valence-electron chi connectivity index (χ2n) is 4.66. The van der Waals surface area contributed by atoms with Crippen LogP contribution in [0.25, 0.3) is 0 Å². The zero-order chi connectivity index (χ0) is 15.8. The Morgan fingerprint density at radius 1 is 1.14 bits per heavy atom. The van der Waals surface area contributed by atoms with Crippen LogP contribution in [-0.2, 0) is 18.6 Å². The number of hydrogen-bond donors (Lipinski definition) is 0. The number of rotatable bonds is 3. The second-order valence-corrected chi connectivity index (χ2v) is 7.64. The van der Waals surface area contributed by atoms with Gasteiger partial charge in [0, 0.05) is 29.1 Å². The number of hydrogen-bond acceptors (Lipinski definition) is 5. The fourth-order valence-corrected chi connectivity index (χ4v) is 3.32. The summed E-state index contributed by atoms with van der Waals surface area (Å²) in [4.78, 5) is 35.5. The molecule has 1 aliphatic carbocycles. The Balaban J connectivity index is 2.40. The molecule has 0 aromatic heterocycles. The van der Waals surface area contributed by atoms with Gasteiger partial charge in [-0.15, -0.1) is 0 Å². The second kappa shape index (κ2) is 5.87. The zero-order valence-electron chi connectivity index (χ0n) is 10.6. The van der Waals surface area contributed by atoms with Gasteiger partial charge in [0.15, 0.2) is 17.3 Å². The summed E-state index contributed by atoms with van der Waals surface area (Å²) >= 11 is 5.88. The first kappa shape index (κ1) is 16.1.